The summed E-state index contributed by atoms with van der Waals surface area (Å²) in [5, 5.41) is 0. The first-order chi connectivity index (χ1) is 9.43. The molecule has 1 aliphatic heterocycles. The summed E-state index contributed by atoms with van der Waals surface area (Å²) < 4.78 is 37.0. The van der Waals surface area contributed by atoms with Gasteiger partial charge in [-0.1, -0.05) is 18.2 Å². The number of sulfone groups is 1. The Morgan fingerprint density at radius 2 is 1.57 bits per heavy atom. The van der Waals surface area contributed by atoms with Gasteiger partial charge in [0, 0.05) is 6.42 Å². The van der Waals surface area contributed by atoms with Gasteiger partial charge >= 0.3 is 0 Å². The number of benzene rings is 1. The highest BCUT2D eigenvalue weighted by Gasteiger charge is 2.48. The lowest BCUT2D eigenvalue weighted by molar-refractivity contribution is -0.347. The SMILES string of the molecule is CC1(C)C[C@@](C)(CS(=O)(=O)c2ccccc2)OC(C)(C)O1. The summed E-state index contributed by atoms with van der Waals surface area (Å²) in [6.07, 6.45) is 0.523. The molecule has 1 aliphatic rings. The van der Waals surface area contributed by atoms with Crippen LogP contribution in [0.2, 0.25) is 0 Å². The predicted octanol–water partition coefficient (Wildman–Crippen LogP) is 3.17. The Bertz CT molecular complexity index is 586. The Hall–Kier alpha value is -0.910. The highest BCUT2D eigenvalue weighted by atomic mass is 32.2. The largest absolute Gasteiger partial charge is 0.345 e. The minimum atomic E-state index is -3.40. The van der Waals surface area contributed by atoms with Crippen molar-refractivity contribution >= 4 is 9.84 Å². The minimum absolute atomic E-state index is 0.0553. The lowest BCUT2D eigenvalue weighted by Crippen LogP contribution is -2.57. The molecule has 1 fully saturated rings. The van der Waals surface area contributed by atoms with Gasteiger partial charge in [0.2, 0.25) is 0 Å². The maximum Gasteiger partial charge on any atom is 0.181 e. The van der Waals surface area contributed by atoms with E-state index in [1.54, 1.807) is 30.3 Å². The summed E-state index contributed by atoms with van der Waals surface area (Å²) in [6.45, 7) is 9.41. The smallest absolute Gasteiger partial charge is 0.181 e. The van der Waals surface area contributed by atoms with Gasteiger partial charge in [-0.3, -0.25) is 0 Å². The van der Waals surface area contributed by atoms with Gasteiger partial charge in [-0.2, -0.15) is 0 Å². The summed E-state index contributed by atoms with van der Waals surface area (Å²) in [6, 6.07) is 8.50. The molecule has 118 valence electrons. The van der Waals surface area contributed by atoms with Crippen LogP contribution in [0.4, 0.5) is 0 Å². The topological polar surface area (TPSA) is 52.6 Å². The number of hydrogen-bond donors (Lipinski definition) is 0. The molecular weight excluding hydrogens is 288 g/mol. The van der Waals surface area contributed by atoms with E-state index in [0.717, 1.165) is 0 Å². The number of rotatable bonds is 3. The molecule has 4 nitrogen and oxygen atoms in total. The molecule has 1 heterocycles. The first-order valence-corrected chi connectivity index (χ1v) is 8.77. The standard InChI is InChI=1S/C16H24O4S/c1-14(2)11-16(5,20-15(3,4)19-14)12-21(17,18)13-9-7-6-8-10-13/h6-10H,11-12H2,1-5H3/t16-/m0/s1. The van der Waals surface area contributed by atoms with Crippen LogP contribution in [0.15, 0.2) is 35.2 Å². The van der Waals surface area contributed by atoms with Crippen LogP contribution in [0.5, 0.6) is 0 Å². The van der Waals surface area contributed by atoms with E-state index in [1.807, 2.05) is 34.6 Å². The first kappa shape index (κ1) is 16.5. The maximum atomic E-state index is 12.6. The zero-order chi connectivity index (χ0) is 15.9. The quantitative estimate of drug-likeness (QED) is 0.860. The van der Waals surface area contributed by atoms with E-state index >= 15 is 0 Å². The van der Waals surface area contributed by atoms with Crippen LogP contribution in [0.1, 0.15) is 41.0 Å². The highest BCUT2D eigenvalue weighted by molar-refractivity contribution is 7.91. The van der Waals surface area contributed by atoms with Crippen LogP contribution in [0, 0.1) is 0 Å². The minimum Gasteiger partial charge on any atom is -0.345 e. The molecule has 0 radical (unpaired) electrons. The molecule has 1 atom stereocenters. The Morgan fingerprint density at radius 1 is 1.00 bits per heavy atom. The molecule has 0 saturated carbocycles. The average molecular weight is 312 g/mol. The van der Waals surface area contributed by atoms with Crippen molar-refractivity contribution in [3.63, 3.8) is 0 Å². The second-order valence-corrected chi connectivity index (χ2v) is 9.05. The molecule has 0 aromatic heterocycles. The van der Waals surface area contributed by atoms with Crippen molar-refractivity contribution in [2.75, 3.05) is 5.75 Å². The van der Waals surface area contributed by atoms with E-state index in [0.29, 0.717) is 11.3 Å². The molecule has 21 heavy (non-hydrogen) atoms. The monoisotopic (exact) mass is 312 g/mol. The molecule has 0 bridgehead atoms. The normalized spacial score (nSPS) is 28.2. The van der Waals surface area contributed by atoms with Crippen molar-refractivity contribution in [3.05, 3.63) is 30.3 Å². The zero-order valence-electron chi connectivity index (χ0n) is 13.3. The van der Waals surface area contributed by atoms with Crippen LogP contribution in [-0.2, 0) is 19.3 Å². The fourth-order valence-electron chi connectivity index (χ4n) is 3.45. The third kappa shape index (κ3) is 4.05. The van der Waals surface area contributed by atoms with Crippen LogP contribution in [0.3, 0.4) is 0 Å². The van der Waals surface area contributed by atoms with Crippen LogP contribution in [-0.4, -0.2) is 31.2 Å². The second kappa shape index (κ2) is 5.07. The predicted molar refractivity (Wildman–Crippen MR) is 81.8 cm³/mol. The highest BCUT2D eigenvalue weighted by Crippen LogP contribution is 2.40. The fraction of sp³-hybridized carbons (Fsp3) is 0.625. The summed E-state index contributed by atoms with van der Waals surface area (Å²) in [5.74, 6) is -0.858. The molecule has 0 unspecified atom stereocenters. The molecule has 1 aromatic rings. The van der Waals surface area contributed by atoms with Gasteiger partial charge in [-0.25, -0.2) is 8.42 Å². The van der Waals surface area contributed by atoms with Gasteiger partial charge in [-0.15, -0.1) is 0 Å². The van der Waals surface area contributed by atoms with Gasteiger partial charge in [0.15, 0.2) is 15.6 Å². The number of hydrogen-bond acceptors (Lipinski definition) is 4. The van der Waals surface area contributed by atoms with E-state index < -0.39 is 26.8 Å². The van der Waals surface area contributed by atoms with Crippen molar-refractivity contribution in [1.82, 2.24) is 0 Å². The third-order valence-electron chi connectivity index (χ3n) is 3.41. The van der Waals surface area contributed by atoms with Crippen molar-refractivity contribution in [2.45, 2.75) is 62.9 Å². The van der Waals surface area contributed by atoms with Gasteiger partial charge in [0.25, 0.3) is 0 Å². The Morgan fingerprint density at radius 3 is 2.10 bits per heavy atom. The molecule has 0 amide bonds. The summed E-state index contributed by atoms with van der Waals surface area (Å²) in [4.78, 5) is 0.330. The van der Waals surface area contributed by atoms with Crippen LogP contribution in [0.25, 0.3) is 0 Å². The molecule has 2 rings (SSSR count). The summed E-state index contributed by atoms with van der Waals surface area (Å²) in [5.41, 5.74) is -1.21. The second-order valence-electron chi connectivity index (χ2n) is 7.06. The van der Waals surface area contributed by atoms with E-state index in [-0.39, 0.29) is 5.75 Å². The Balaban J connectivity index is 2.29. The molecule has 1 saturated heterocycles. The van der Waals surface area contributed by atoms with Crippen molar-refractivity contribution in [3.8, 4) is 0 Å². The van der Waals surface area contributed by atoms with Crippen molar-refractivity contribution in [2.24, 2.45) is 0 Å². The van der Waals surface area contributed by atoms with Crippen LogP contribution < -0.4 is 0 Å². The van der Waals surface area contributed by atoms with E-state index in [1.165, 1.54) is 0 Å². The number of ether oxygens (including phenoxy) is 2. The molecular formula is C16H24O4S. The molecule has 0 aliphatic carbocycles. The molecule has 0 N–H and O–H groups in total. The van der Waals surface area contributed by atoms with Crippen molar-refractivity contribution < 1.29 is 17.9 Å². The first-order valence-electron chi connectivity index (χ1n) is 7.11. The van der Waals surface area contributed by atoms with Gasteiger partial charge in [0.05, 0.1) is 21.9 Å². The van der Waals surface area contributed by atoms with Gasteiger partial charge < -0.3 is 9.47 Å². The third-order valence-corrected chi connectivity index (χ3v) is 5.39. The van der Waals surface area contributed by atoms with E-state index in [4.69, 9.17) is 9.47 Å². The molecule has 5 heteroatoms. The summed E-state index contributed by atoms with van der Waals surface area (Å²) in [7, 11) is -3.40. The van der Waals surface area contributed by atoms with E-state index in [2.05, 4.69) is 0 Å². The van der Waals surface area contributed by atoms with Crippen LogP contribution >= 0.6 is 0 Å². The summed E-state index contributed by atoms with van der Waals surface area (Å²) >= 11 is 0. The molecule has 0 spiro atoms. The van der Waals surface area contributed by atoms with Gasteiger partial charge in [-0.05, 0) is 46.8 Å². The average Bonchev–Trinajstić information content (AvgIpc) is 2.23. The lowest BCUT2D eigenvalue weighted by atomic mass is 9.89. The zero-order valence-corrected chi connectivity index (χ0v) is 14.2. The lowest BCUT2D eigenvalue weighted by Gasteiger charge is -2.50. The Labute approximate surface area is 127 Å². The maximum absolute atomic E-state index is 12.6. The van der Waals surface area contributed by atoms with E-state index in [9.17, 15) is 8.42 Å². The molecule has 1 aromatic carbocycles. The fourth-order valence-corrected chi connectivity index (χ4v) is 5.15. The van der Waals surface area contributed by atoms with Gasteiger partial charge in [0.1, 0.15) is 0 Å². The van der Waals surface area contributed by atoms with Crippen molar-refractivity contribution in [1.29, 1.82) is 0 Å². The Kier molecular flexibility index (Phi) is 3.98.